The maximum Gasteiger partial charge on any atom is 0.440 e. The highest BCUT2D eigenvalue weighted by Crippen LogP contribution is 2.39. The highest BCUT2D eigenvalue weighted by Gasteiger charge is 2.66. The summed E-state index contributed by atoms with van der Waals surface area (Å²) in [6, 6.07) is 10.2. The van der Waals surface area contributed by atoms with Gasteiger partial charge in [-0.15, -0.1) is 0 Å². The van der Waals surface area contributed by atoms with Crippen LogP contribution in [0.3, 0.4) is 0 Å². The van der Waals surface area contributed by atoms with Gasteiger partial charge in [0.15, 0.2) is 0 Å². The minimum Gasteiger partial charge on any atom is -0.497 e. The molecule has 2 N–H and O–H groups in total. The summed E-state index contributed by atoms with van der Waals surface area (Å²) in [7, 11) is 2.67. The van der Waals surface area contributed by atoms with Crippen molar-refractivity contribution in [3.8, 4) is 11.5 Å². The first kappa shape index (κ1) is 19.6. The molecule has 156 valence electrons. The second-order valence-corrected chi connectivity index (χ2v) is 6.49. The van der Waals surface area contributed by atoms with Crippen LogP contribution >= 0.6 is 0 Å². The third kappa shape index (κ3) is 2.81. The molecule has 0 bridgehead atoms. The van der Waals surface area contributed by atoms with Crippen LogP contribution in [0.2, 0.25) is 0 Å². The first-order chi connectivity index (χ1) is 14.2. The zero-order chi connectivity index (χ0) is 21.7. The molecule has 11 heteroatoms. The Labute approximate surface area is 167 Å². The van der Waals surface area contributed by atoms with Gasteiger partial charge in [-0.25, -0.2) is 9.55 Å². The van der Waals surface area contributed by atoms with Crippen LogP contribution in [0.1, 0.15) is 15.2 Å². The van der Waals surface area contributed by atoms with E-state index in [1.165, 1.54) is 38.5 Å². The summed E-state index contributed by atoms with van der Waals surface area (Å²) in [5, 5.41) is 3.87. The first-order valence-electron chi connectivity index (χ1n) is 8.63. The summed E-state index contributed by atoms with van der Waals surface area (Å²) in [6.45, 7) is 0. The van der Waals surface area contributed by atoms with Crippen molar-refractivity contribution >= 4 is 28.8 Å². The number of rotatable bonds is 4. The quantitative estimate of drug-likeness (QED) is 0.674. The number of anilines is 1. The highest BCUT2D eigenvalue weighted by atomic mass is 19.4. The van der Waals surface area contributed by atoms with Crippen molar-refractivity contribution < 1.29 is 32.2 Å². The summed E-state index contributed by atoms with van der Waals surface area (Å²) < 4.78 is 53.1. The Bertz CT molecular complexity index is 1150. The van der Waals surface area contributed by atoms with E-state index in [2.05, 4.69) is 10.3 Å². The second kappa shape index (κ2) is 6.65. The monoisotopic (exact) mass is 420 g/mol. The number of nitrogens with zero attached hydrogens (tertiary/aromatic N) is 2. The first-order valence-corrected chi connectivity index (χ1v) is 8.63. The van der Waals surface area contributed by atoms with Gasteiger partial charge in [-0.3, -0.25) is 9.59 Å². The Morgan fingerprint density at radius 1 is 1.13 bits per heavy atom. The number of fused-ring (bicyclic) bond motifs is 3. The largest absolute Gasteiger partial charge is 0.497 e. The zero-order valence-electron chi connectivity index (χ0n) is 15.7. The molecule has 0 saturated heterocycles. The zero-order valence-corrected chi connectivity index (χ0v) is 15.7. The van der Waals surface area contributed by atoms with Gasteiger partial charge in [-0.05, 0) is 24.3 Å². The normalized spacial score (nSPS) is 18.1. The number of amides is 1. The van der Waals surface area contributed by atoms with E-state index in [1.54, 1.807) is 23.5 Å². The van der Waals surface area contributed by atoms with Gasteiger partial charge in [0, 0.05) is 11.6 Å². The van der Waals surface area contributed by atoms with E-state index in [1.807, 2.05) is 0 Å². The third-order valence-electron chi connectivity index (χ3n) is 4.72. The number of halogens is 3. The van der Waals surface area contributed by atoms with E-state index < -0.39 is 23.7 Å². The second-order valence-electron chi connectivity index (χ2n) is 6.49. The molecule has 4 rings (SSSR count). The molecule has 3 aromatic rings. The summed E-state index contributed by atoms with van der Waals surface area (Å²) in [6.07, 6.45) is -5.16. The number of imidazole rings is 1. The molecule has 1 aromatic heterocycles. The number of carbonyl (C=O) groups is 2. The van der Waals surface area contributed by atoms with Crippen LogP contribution in [0.4, 0.5) is 19.1 Å². The van der Waals surface area contributed by atoms with Gasteiger partial charge in [-0.2, -0.15) is 13.2 Å². The lowest BCUT2D eigenvalue weighted by atomic mass is 10.1. The Hall–Kier alpha value is -3.76. The van der Waals surface area contributed by atoms with E-state index in [9.17, 15) is 22.8 Å². The SMILES string of the molecule is COc1cc(OC)cc(C(=O)NC2(C(F)(F)F)Nc3nc4ccccc4n3C2=O)c1. The Kier molecular flexibility index (Phi) is 4.33. The molecule has 0 saturated carbocycles. The van der Waals surface area contributed by atoms with Crippen LogP contribution in [0.25, 0.3) is 11.0 Å². The molecular formula is C19H15F3N4O4. The fraction of sp³-hybridized carbons (Fsp3) is 0.211. The third-order valence-corrected chi connectivity index (χ3v) is 4.72. The molecule has 0 spiro atoms. The topological polar surface area (TPSA) is 94.5 Å². The Morgan fingerprint density at radius 3 is 2.37 bits per heavy atom. The van der Waals surface area contributed by atoms with Crippen LogP contribution in [-0.2, 0) is 0 Å². The van der Waals surface area contributed by atoms with Crippen molar-refractivity contribution in [2.24, 2.45) is 0 Å². The van der Waals surface area contributed by atoms with Crippen molar-refractivity contribution in [2.75, 3.05) is 19.5 Å². The van der Waals surface area contributed by atoms with Crippen molar-refractivity contribution in [3.05, 3.63) is 48.0 Å². The fourth-order valence-corrected chi connectivity index (χ4v) is 3.23. The maximum atomic E-state index is 14.1. The molecule has 1 amide bonds. The van der Waals surface area contributed by atoms with E-state index in [4.69, 9.17) is 9.47 Å². The van der Waals surface area contributed by atoms with Crippen LogP contribution in [-0.4, -0.2) is 47.4 Å². The van der Waals surface area contributed by atoms with Crippen LogP contribution in [0.5, 0.6) is 11.5 Å². The summed E-state index contributed by atoms with van der Waals surface area (Å²) in [5.74, 6) is -2.49. The smallest absolute Gasteiger partial charge is 0.440 e. The summed E-state index contributed by atoms with van der Waals surface area (Å²) in [4.78, 5) is 29.7. The average Bonchev–Trinajstić information content (AvgIpc) is 3.21. The van der Waals surface area contributed by atoms with Crippen molar-refractivity contribution in [3.63, 3.8) is 0 Å². The number of alkyl halides is 3. The highest BCUT2D eigenvalue weighted by molar-refractivity contribution is 6.08. The maximum absolute atomic E-state index is 14.1. The minimum absolute atomic E-state index is 0.182. The minimum atomic E-state index is -5.16. The molecule has 2 heterocycles. The van der Waals surface area contributed by atoms with Gasteiger partial charge >= 0.3 is 6.18 Å². The van der Waals surface area contributed by atoms with E-state index in [0.29, 0.717) is 5.52 Å². The van der Waals surface area contributed by atoms with Crippen molar-refractivity contribution in [1.82, 2.24) is 14.9 Å². The number of methoxy groups -OCH3 is 2. The molecule has 0 radical (unpaired) electrons. The van der Waals surface area contributed by atoms with Crippen LogP contribution < -0.4 is 20.1 Å². The number of benzene rings is 2. The van der Waals surface area contributed by atoms with Gasteiger partial charge in [0.05, 0.1) is 25.3 Å². The predicted molar refractivity (Wildman–Crippen MR) is 99.8 cm³/mol. The number of carbonyl (C=O) groups excluding carboxylic acids is 2. The molecule has 0 aliphatic carbocycles. The van der Waals surface area contributed by atoms with Crippen molar-refractivity contribution in [2.45, 2.75) is 11.8 Å². The van der Waals surface area contributed by atoms with Gasteiger partial charge in [0.2, 0.25) is 5.95 Å². The summed E-state index contributed by atoms with van der Waals surface area (Å²) in [5.41, 5.74) is -3.03. The lowest BCUT2D eigenvalue weighted by Crippen LogP contribution is -2.67. The van der Waals surface area contributed by atoms with E-state index >= 15 is 0 Å². The number of hydrogen-bond donors (Lipinski definition) is 2. The number of nitrogens with one attached hydrogen (secondary N) is 2. The van der Waals surface area contributed by atoms with Crippen molar-refractivity contribution in [1.29, 1.82) is 0 Å². The number of hydrogen-bond acceptors (Lipinski definition) is 6. The molecular weight excluding hydrogens is 405 g/mol. The van der Waals surface area contributed by atoms with Gasteiger partial charge in [0.25, 0.3) is 17.5 Å². The van der Waals surface area contributed by atoms with Gasteiger partial charge in [-0.1, -0.05) is 12.1 Å². The fourth-order valence-electron chi connectivity index (χ4n) is 3.23. The lowest BCUT2D eigenvalue weighted by molar-refractivity contribution is -0.169. The number of para-hydroxylation sites is 2. The predicted octanol–water partition coefficient (Wildman–Crippen LogP) is 2.81. The molecule has 8 nitrogen and oxygen atoms in total. The standard InChI is InChI=1S/C19H15F3N4O4/c1-29-11-7-10(8-12(9-11)30-2)15(27)24-18(19(20,21)22)16(28)26-14-6-4-3-5-13(14)23-17(26)25-18/h3-9H,1-2H3,(H,23,25)(H,24,27). The molecule has 1 aliphatic heterocycles. The number of aromatic nitrogens is 2. The molecule has 0 fully saturated rings. The Morgan fingerprint density at radius 2 is 1.77 bits per heavy atom. The lowest BCUT2D eigenvalue weighted by Gasteiger charge is -2.30. The number of ether oxygens (including phenoxy) is 2. The van der Waals surface area contributed by atoms with E-state index in [0.717, 1.165) is 4.57 Å². The van der Waals surface area contributed by atoms with Gasteiger partial charge < -0.3 is 20.1 Å². The molecule has 2 aromatic carbocycles. The molecule has 30 heavy (non-hydrogen) atoms. The molecule has 1 aliphatic rings. The molecule has 1 atom stereocenters. The van der Waals surface area contributed by atoms with Crippen LogP contribution in [0.15, 0.2) is 42.5 Å². The van der Waals surface area contributed by atoms with E-state index in [-0.39, 0.29) is 28.5 Å². The van der Waals surface area contributed by atoms with Gasteiger partial charge in [0.1, 0.15) is 11.5 Å². The average molecular weight is 420 g/mol. The summed E-state index contributed by atoms with van der Waals surface area (Å²) >= 11 is 0. The molecule has 1 unspecified atom stereocenters. The van der Waals surface area contributed by atoms with Crippen LogP contribution in [0, 0.1) is 0 Å². The Balaban J connectivity index is 1.76.